The normalized spacial score (nSPS) is 35.5. The minimum absolute atomic E-state index is 0.00995. The van der Waals surface area contributed by atoms with E-state index in [2.05, 4.69) is 5.10 Å². The van der Waals surface area contributed by atoms with Gasteiger partial charge < -0.3 is 39.2 Å². The maximum atomic E-state index is 14.2. The largest absolute Gasteiger partial charge is 0.459 e. The average molecular weight is 875 g/mol. The van der Waals surface area contributed by atoms with Gasteiger partial charge in [-0.1, -0.05) is 70.5 Å². The molecular formula is C47H69ClFN3O9. The summed E-state index contributed by atoms with van der Waals surface area (Å²) in [4.78, 5) is 30.1. The third kappa shape index (κ3) is 13.0. The number of esters is 1. The lowest BCUT2D eigenvalue weighted by atomic mass is 9.71. The van der Waals surface area contributed by atoms with Gasteiger partial charge in [-0.25, -0.2) is 4.39 Å². The van der Waals surface area contributed by atoms with Crippen LogP contribution in [-0.4, -0.2) is 119 Å². The molecule has 0 aliphatic carbocycles. The highest BCUT2D eigenvalue weighted by Gasteiger charge is 2.49. The van der Waals surface area contributed by atoms with E-state index in [1.54, 1.807) is 71.2 Å². The van der Waals surface area contributed by atoms with Crippen LogP contribution in [0.1, 0.15) is 98.6 Å². The van der Waals surface area contributed by atoms with Crippen LogP contribution in [0.15, 0.2) is 58.7 Å². The standard InChI is InChI=1S/C47H69ClFN3O9/c1-12-40-46(8,57)43(54)31(6)41(51-50-32(7)34-15-19-36(49)20-16-34)28(3)25-47(58-11,26-59-42-39(52(9)10)21-29(4)60-45(42)56)24-27(2)38(30(5)44(55)61-40)23-37(53)22-33-13-17-35(48)18-14-33/h13-20,27-31,38-40,42-43,45,54,56-57H,12,21-26H2,1-11H3. The summed E-state index contributed by atoms with van der Waals surface area (Å²) >= 11 is 6.12. The zero-order valence-electron chi connectivity index (χ0n) is 37.8. The van der Waals surface area contributed by atoms with E-state index in [0.29, 0.717) is 34.9 Å². The fourth-order valence-corrected chi connectivity index (χ4v) is 9.39. The highest BCUT2D eigenvalue weighted by molar-refractivity contribution is 6.30. The van der Waals surface area contributed by atoms with Crippen LogP contribution in [0, 0.1) is 35.4 Å². The Balaban J connectivity index is 1.86. The Morgan fingerprint density at radius 3 is 2.25 bits per heavy atom. The molecule has 13 unspecified atom stereocenters. The number of aliphatic hydroxyl groups excluding tert-OH is 2. The van der Waals surface area contributed by atoms with Crippen molar-refractivity contribution in [2.75, 3.05) is 27.8 Å². The molecule has 61 heavy (non-hydrogen) atoms. The Kier molecular flexibility index (Phi) is 18.2. The molecule has 12 nitrogen and oxygen atoms in total. The van der Waals surface area contributed by atoms with Crippen molar-refractivity contribution in [1.29, 1.82) is 0 Å². The van der Waals surface area contributed by atoms with Gasteiger partial charge in [0.15, 0.2) is 6.29 Å². The molecule has 2 aromatic carbocycles. The Morgan fingerprint density at radius 2 is 1.66 bits per heavy atom. The van der Waals surface area contributed by atoms with Gasteiger partial charge in [-0.15, -0.1) is 0 Å². The zero-order chi connectivity index (χ0) is 45.4. The second-order valence-corrected chi connectivity index (χ2v) is 18.5. The number of carbonyl (C=O) groups excluding carboxylic acids is 2. The summed E-state index contributed by atoms with van der Waals surface area (Å²) in [6, 6.07) is 12.8. The smallest absolute Gasteiger partial charge is 0.309 e. The van der Waals surface area contributed by atoms with Gasteiger partial charge in [-0.05, 0) is 114 Å². The Morgan fingerprint density at radius 1 is 1.02 bits per heavy atom. The summed E-state index contributed by atoms with van der Waals surface area (Å²) in [6.07, 6.45) is -3.15. The van der Waals surface area contributed by atoms with Gasteiger partial charge in [0.2, 0.25) is 0 Å². The SMILES string of the molecule is CCC1OC(=O)C(C)C(CC(=O)Cc2ccc(Cl)cc2)C(C)CC(COC2C(O)OC(C)CC2N(C)C)(OC)CC(C)C(=NN=C(C)c2ccc(F)cc2)C(C)C(O)C1(C)O. The predicted molar refractivity (Wildman–Crippen MR) is 235 cm³/mol. The summed E-state index contributed by atoms with van der Waals surface area (Å²) in [5.74, 6) is -4.03. The molecule has 13 atom stereocenters. The van der Waals surface area contributed by atoms with Crippen molar-refractivity contribution in [2.24, 2.45) is 39.8 Å². The van der Waals surface area contributed by atoms with Gasteiger partial charge in [0.25, 0.3) is 0 Å². The lowest BCUT2D eigenvalue weighted by Gasteiger charge is -2.45. The number of Topliss-reactive ketones (excluding diaryl/α,β-unsaturated/α-hetero) is 1. The predicted octanol–water partition coefficient (Wildman–Crippen LogP) is 7.06. The maximum Gasteiger partial charge on any atom is 0.309 e. The second-order valence-electron chi connectivity index (χ2n) is 18.1. The number of ketones is 1. The van der Waals surface area contributed by atoms with Crippen LogP contribution in [0.2, 0.25) is 5.02 Å². The van der Waals surface area contributed by atoms with Gasteiger partial charge in [0, 0.05) is 42.6 Å². The van der Waals surface area contributed by atoms with Crippen molar-refractivity contribution in [1.82, 2.24) is 4.90 Å². The number of nitrogens with zero attached hydrogens (tertiary/aromatic N) is 3. The molecule has 2 aliphatic heterocycles. The van der Waals surface area contributed by atoms with Crippen LogP contribution in [0.25, 0.3) is 0 Å². The first-order valence-corrected chi connectivity index (χ1v) is 21.9. The van der Waals surface area contributed by atoms with E-state index in [4.69, 9.17) is 35.6 Å². The topological polar surface area (TPSA) is 160 Å². The number of benzene rings is 2. The quantitative estimate of drug-likeness (QED) is 0.115. The van der Waals surface area contributed by atoms with E-state index in [0.717, 1.165) is 5.56 Å². The molecule has 0 spiro atoms. The number of cyclic esters (lactones) is 1. The molecule has 4 rings (SSSR count). The molecule has 3 N–H and O–H groups in total. The zero-order valence-corrected chi connectivity index (χ0v) is 38.6. The highest BCUT2D eigenvalue weighted by Crippen LogP contribution is 2.40. The van der Waals surface area contributed by atoms with Crippen molar-refractivity contribution in [3.05, 3.63) is 70.5 Å². The first kappa shape index (κ1) is 50.5. The average Bonchev–Trinajstić information content (AvgIpc) is 3.20. The number of carbonyl (C=O) groups is 2. The maximum absolute atomic E-state index is 14.2. The van der Waals surface area contributed by atoms with Gasteiger partial charge in [-0.2, -0.15) is 10.2 Å². The summed E-state index contributed by atoms with van der Waals surface area (Å²) in [5.41, 5.74) is -0.677. The molecule has 2 heterocycles. The molecule has 2 aliphatic rings. The van der Waals surface area contributed by atoms with E-state index in [1.165, 1.54) is 19.1 Å². The Labute approximate surface area is 366 Å². The van der Waals surface area contributed by atoms with E-state index in [9.17, 15) is 29.3 Å². The molecule has 2 aromatic rings. The molecule has 0 aromatic heterocycles. The molecule has 0 radical (unpaired) electrons. The van der Waals surface area contributed by atoms with Crippen molar-refractivity contribution in [3.63, 3.8) is 0 Å². The molecule has 0 bridgehead atoms. The summed E-state index contributed by atoms with van der Waals surface area (Å²) in [5, 5.41) is 45.3. The minimum atomic E-state index is -1.94. The number of halogens is 2. The Bertz CT molecular complexity index is 1810. The monoisotopic (exact) mass is 873 g/mol. The lowest BCUT2D eigenvalue weighted by Crippen LogP contribution is -2.57. The lowest BCUT2D eigenvalue weighted by molar-refractivity contribution is -0.255. The van der Waals surface area contributed by atoms with E-state index in [1.807, 2.05) is 39.8 Å². The third-order valence-corrected chi connectivity index (χ3v) is 13.3. The van der Waals surface area contributed by atoms with Crippen LogP contribution in [0.3, 0.4) is 0 Å². The number of aliphatic hydroxyl groups is 3. The van der Waals surface area contributed by atoms with E-state index >= 15 is 0 Å². The number of hydrogen-bond acceptors (Lipinski definition) is 12. The first-order valence-electron chi connectivity index (χ1n) is 21.5. The molecule has 0 amide bonds. The number of methoxy groups -OCH3 is 1. The molecule has 2 saturated heterocycles. The van der Waals surface area contributed by atoms with Crippen LogP contribution in [0.4, 0.5) is 4.39 Å². The van der Waals surface area contributed by atoms with Crippen LogP contribution in [0.5, 0.6) is 0 Å². The first-order chi connectivity index (χ1) is 28.6. The van der Waals surface area contributed by atoms with Gasteiger partial charge >= 0.3 is 5.97 Å². The van der Waals surface area contributed by atoms with Crippen LogP contribution < -0.4 is 0 Å². The third-order valence-electron chi connectivity index (χ3n) is 13.0. The fraction of sp³-hybridized carbons (Fsp3) is 0.660. The van der Waals surface area contributed by atoms with Gasteiger partial charge in [-0.3, -0.25) is 9.59 Å². The number of likely N-dealkylation sites (N-methyl/N-ethyl adjacent to an activating group) is 1. The summed E-state index contributed by atoms with van der Waals surface area (Å²) < 4.78 is 39.0. The number of hydrogen-bond donors (Lipinski definition) is 3. The van der Waals surface area contributed by atoms with Gasteiger partial charge in [0.05, 0.1) is 36.0 Å². The van der Waals surface area contributed by atoms with Crippen molar-refractivity contribution < 1.29 is 48.2 Å². The molecule has 340 valence electrons. The second kappa shape index (κ2) is 22.0. The fourth-order valence-electron chi connectivity index (χ4n) is 9.26. The Hall–Kier alpha value is -3.14. The van der Waals surface area contributed by atoms with Gasteiger partial charge in [0.1, 0.15) is 29.4 Å². The van der Waals surface area contributed by atoms with Crippen molar-refractivity contribution >= 4 is 34.8 Å². The van der Waals surface area contributed by atoms with E-state index < -0.39 is 65.4 Å². The van der Waals surface area contributed by atoms with E-state index in [-0.39, 0.29) is 62.0 Å². The summed E-state index contributed by atoms with van der Waals surface area (Å²) in [7, 11) is 5.45. The number of rotatable bonds is 12. The molecule has 2 fully saturated rings. The van der Waals surface area contributed by atoms with Crippen LogP contribution >= 0.6 is 11.6 Å². The number of ether oxygens (including phenoxy) is 4. The van der Waals surface area contributed by atoms with Crippen molar-refractivity contribution in [3.8, 4) is 0 Å². The van der Waals surface area contributed by atoms with Crippen LogP contribution in [-0.2, 0) is 35.0 Å². The molecule has 14 heteroatoms. The molecular weight excluding hydrogens is 805 g/mol. The highest BCUT2D eigenvalue weighted by atomic mass is 35.5. The summed E-state index contributed by atoms with van der Waals surface area (Å²) in [6.45, 7) is 14.3. The molecule has 0 saturated carbocycles. The van der Waals surface area contributed by atoms with Crippen molar-refractivity contribution in [2.45, 2.75) is 142 Å². The minimum Gasteiger partial charge on any atom is -0.459 e.